The summed E-state index contributed by atoms with van der Waals surface area (Å²) in [6, 6.07) is 7.29. The van der Waals surface area contributed by atoms with E-state index in [0.717, 1.165) is 5.69 Å². The highest BCUT2D eigenvalue weighted by Crippen LogP contribution is 2.25. The number of nitrogen functional groups attached to an aromatic ring is 1. The third-order valence-corrected chi connectivity index (χ3v) is 2.63. The zero-order valence-electron chi connectivity index (χ0n) is 10.7. The lowest BCUT2D eigenvalue weighted by atomic mass is 10.1. The summed E-state index contributed by atoms with van der Waals surface area (Å²) in [6.07, 6.45) is 0. The smallest absolute Gasteiger partial charge is 0.239 e. The van der Waals surface area contributed by atoms with E-state index in [1.807, 2.05) is 30.9 Å². The van der Waals surface area contributed by atoms with Gasteiger partial charge in [-0.25, -0.2) is 0 Å². The lowest BCUT2D eigenvalue weighted by Crippen LogP contribution is -2.37. The number of nitrogens with one attached hydrogen (secondary N) is 1. The van der Waals surface area contributed by atoms with Crippen molar-refractivity contribution < 1.29 is 4.79 Å². The number of nitrogens with two attached hydrogens (primary N) is 1. The normalized spacial score (nSPS) is 9.61. The molecule has 0 spiro atoms. The molecule has 1 amide bonds. The van der Waals surface area contributed by atoms with E-state index in [-0.39, 0.29) is 12.5 Å². The molecule has 1 rings (SSSR count). The van der Waals surface area contributed by atoms with Gasteiger partial charge in [0.1, 0.15) is 6.07 Å². The Morgan fingerprint density at radius 1 is 1.50 bits per heavy atom. The highest BCUT2D eigenvalue weighted by Gasteiger charge is 2.13. The number of rotatable bonds is 5. The molecule has 0 aromatic heterocycles. The van der Waals surface area contributed by atoms with Gasteiger partial charge >= 0.3 is 0 Å². The Morgan fingerprint density at radius 2 is 2.22 bits per heavy atom. The van der Waals surface area contributed by atoms with Gasteiger partial charge < -0.3 is 16.0 Å². The van der Waals surface area contributed by atoms with Crippen molar-refractivity contribution in [1.29, 1.82) is 5.26 Å². The van der Waals surface area contributed by atoms with Gasteiger partial charge in [0.15, 0.2) is 0 Å². The van der Waals surface area contributed by atoms with Gasteiger partial charge in [0.2, 0.25) is 5.91 Å². The maximum atomic E-state index is 11.6. The van der Waals surface area contributed by atoms with Gasteiger partial charge in [0.05, 0.1) is 23.5 Å². The molecule has 0 unspecified atom stereocenters. The number of carbonyl (C=O) groups excluding carboxylic acids is 1. The summed E-state index contributed by atoms with van der Waals surface area (Å²) < 4.78 is 0. The lowest BCUT2D eigenvalue weighted by molar-refractivity contribution is -0.119. The lowest BCUT2D eigenvalue weighted by Gasteiger charge is -2.24. The number of para-hydroxylation sites is 1. The molecule has 96 valence electrons. The molecule has 3 N–H and O–H groups in total. The van der Waals surface area contributed by atoms with Crippen LogP contribution in [0.5, 0.6) is 0 Å². The van der Waals surface area contributed by atoms with Crippen molar-refractivity contribution >= 4 is 17.3 Å². The summed E-state index contributed by atoms with van der Waals surface area (Å²) in [6.45, 7) is 5.31. The minimum Gasteiger partial charge on any atom is -0.396 e. The third-order valence-electron chi connectivity index (χ3n) is 2.63. The first kappa shape index (κ1) is 13.8. The molecule has 0 heterocycles. The van der Waals surface area contributed by atoms with E-state index in [1.165, 1.54) is 0 Å². The van der Waals surface area contributed by atoms with Gasteiger partial charge in [0, 0.05) is 13.1 Å². The van der Waals surface area contributed by atoms with Gasteiger partial charge in [-0.1, -0.05) is 6.07 Å². The quantitative estimate of drug-likeness (QED) is 0.762. The van der Waals surface area contributed by atoms with Crippen LogP contribution < -0.4 is 16.0 Å². The van der Waals surface area contributed by atoms with Gasteiger partial charge in [-0.05, 0) is 26.0 Å². The van der Waals surface area contributed by atoms with Crippen molar-refractivity contribution in [3.05, 3.63) is 23.8 Å². The van der Waals surface area contributed by atoms with Crippen LogP contribution in [0.25, 0.3) is 0 Å². The zero-order valence-corrected chi connectivity index (χ0v) is 10.7. The van der Waals surface area contributed by atoms with Crippen molar-refractivity contribution in [2.24, 2.45) is 0 Å². The number of benzene rings is 1. The molecular weight excluding hydrogens is 228 g/mol. The summed E-state index contributed by atoms with van der Waals surface area (Å²) in [5.41, 5.74) is 7.50. The van der Waals surface area contributed by atoms with E-state index in [4.69, 9.17) is 11.0 Å². The number of hydrogen-bond acceptors (Lipinski definition) is 4. The van der Waals surface area contributed by atoms with Crippen molar-refractivity contribution in [3.8, 4) is 6.07 Å². The van der Waals surface area contributed by atoms with Crippen molar-refractivity contribution in [3.63, 3.8) is 0 Å². The molecular formula is C13H18N4O. The molecule has 0 saturated carbocycles. The van der Waals surface area contributed by atoms with E-state index in [1.54, 1.807) is 12.1 Å². The molecule has 5 heteroatoms. The number of hydrogen-bond donors (Lipinski definition) is 2. The summed E-state index contributed by atoms with van der Waals surface area (Å²) in [5.74, 6) is -0.0545. The molecule has 0 radical (unpaired) electrons. The van der Waals surface area contributed by atoms with E-state index in [0.29, 0.717) is 24.3 Å². The molecule has 0 bridgehead atoms. The Morgan fingerprint density at radius 3 is 2.78 bits per heavy atom. The largest absolute Gasteiger partial charge is 0.396 e. The molecule has 5 nitrogen and oxygen atoms in total. The fourth-order valence-corrected chi connectivity index (χ4v) is 1.72. The summed E-state index contributed by atoms with van der Waals surface area (Å²) >= 11 is 0. The first-order valence-electron chi connectivity index (χ1n) is 5.94. The van der Waals surface area contributed by atoms with Crippen LogP contribution in [-0.2, 0) is 4.79 Å². The summed E-state index contributed by atoms with van der Waals surface area (Å²) in [7, 11) is 0. The fourth-order valence-electron chi connectivity index (χ4n) is 1.72. The summed E-state index contributed by atoms with van der Waals surface area (Å²) in [5, 5.41) is 11.7. The molecule has 1 aromatic carbocycles. The zero-order chi connectivity index (χ0) is 13.5. The molecule has 0 atom stereocenters. The van der Waals surface area contributed by atoms with Crippen molar-refractivity contribution in [1.82, 2.24) is 5.32 Å². The van der Waals surface area contributed by atoms with E-state index in [9.17, 15) is 4.79 Å². The van der Waals surface area contributed by atoms with Gasteiger partial charge in [-0.15, -0.1) is 0 Å². The van der Waals surface area contributed by atoms with Gasteiger partial charge in [0.25, 0.3) is 0 Å². The van der Waals surface area contributed by atoms with Crippen LogP contribution in [0.15, 0.2) is 18.2 Å². The summed E-state index contributed by atoms with van der Waals surface area (Å²) in [4.78, 5) is 13.4. The molecule has 0 aliphatic rings. The number of nitriles is 1. The average molecular weight is 246 g/mol. The maximum absolute atomic E-state index is 11.6. The molecule has 1 aromatic rings. The number of amides is 1. The predicted molar refractivity (Wildman–Crippen MR) is 72.1 cm³/mol. The predicted octanol–water partition coefficient (Wildman–Crippen LogP) is 1.10. The van der Waals surface area contributed by atoms with Gasteiger partial charge in [-0.2, -0.15) is 5.26 Å². The average Bonchev–Trinajstić information content (AvgIpc) is 2.37. The Kier molecular flexibility index (Phi) is 5.00. The third kappa shape index (κ3) is 3.14. The van der Waals surface area contributed by atoms with Crippen LogP contribution in [0.2, 0.25) is 0 Å². The first-order chi connectivity index (χ1) is 8.63. The minimum absolute atomic E-state index is 0.0545. The maximum Gasteiger partial charge on any atom is 0.239 e. The van der Waals surface area contributed by atoms with Crippen molar-refractivity contribution in [2.45, 2.75) is 13.8 Å². The van der Waals surface area contributed by atoms with E-state index in [2.05, 4.69) is 5.32 Å². The van der Waals surface area contributed by atoms with Crippen LogP contribution in [0.1, 0.15) is 19.4 Å². The number of likely N-dealkylation sites (N-methyl/N-ethyl adjacent to an activating group) is 2. The second-order valence-electron chi connectivity index (χ2n) is 3.82. The fraction of sp³-hybridized carbons (Fsp3) is 0.385. The molecule has 0 saturated heterocycles. The Balaban J connectivity index is 2.96. The van der Waals surface area contributed by atoms with Crippen LogP contribution in [0.3, 0.4) is 0 Å². The highest BCUT2D eigenvalue weighted by atomic mass is 16.2. The Hall–Kier alpha value is -2.22. The second-order valence-corrected chi connectivity index (χ2v) is 3.82. The number of anilines is 2. The Labute approximate surface area is 107 Å². The molecule has 0 fully saturated rings. The van der Waals surface area contributed by atoms with E-state index < -0.39 is 0 Å². The van der Waals surface area contributed by atoms with Crippen LogP contribution in [-0.4, -0.2) is 25.5 Å². The van der Waals surface area contributed by atoms with Gasteiger partial charge in [-0.3, -0.25) is 4.79 Å². The molecule has 0 aliphatic heterocycles. The molecule has 0 aliphatic carbocycles. The Bertz CT molecular complexity index is 465. The second kappa shape index (κ2) is 6.50. The number of nitrogens with zero attached hydrogens (tertiary/aromatic N) is 2. The highest BCUT2D eigenvalue weighted by molar-refractivity contribution is 5.84. The number of carbonyl (C=O) groups is 1. The van der Waals surface area contributed by atoms with Crippen molar-refractivity contribution in [2.75, 3.05) is 30.3 Å². The van der Waals surface area contributed by atoms with E-state index >= 15 is 0 Å². The standard InChI is InChI=1S/C13H18N4O/c1-3-16-12(18)9-17(4-2)11-7-5-6-10(8-14)13(11)15/h5-7H,3-4,9,15H2,1-2H3,(H,16,18). The van der Waals surface area contributed by atoms with Crippen LogP contribution in [0.4, 0.5) is 11.4 Å². The van der Waals surface area contributed by atoms with Crippen LogP contribution >= 0.6 is 0 Å². The molecule has 18 heavy (non-hydrogen) atoms. The topological polar surface area (TPSA) is 82.2 Å². The SMILES string of the molecule is CCNC(=O)CN(CC)c1cccc(C#N)c1N. The first-order valence-corrected chi connectivity index (χ1v) is 5.94. The van der Waals surface area contributed by atoms with Crippen LogP contribution in [0, 0.1) is 11.3 Å². The minimum atomic E-state index is -0.0545. The monoisotopic (exact) mass is 246 g/mol.